The number of aromatic nitrogens is 2. The second kappa shape index (κ2) is 11.8. The number of aliphatic carboxylic acids is 2. The second-order valence-corrected chi connectivity index (χ2v) is 7.48. The number of hydrogen-bond donors (Lipinski definition) is 3. The summed E-state index contributed by atoms with van der Waals surface area (Å²) in [5.41, 5.74) is 2.38. The summed E-state index contributed by atoms with van der Waals surface area (Å²) < 4.78 is 11.0. The fraction of sp³-hybridized carbons (Fsp3) is 0.261. The van der Waals surface area contributed by atoms with Crippen molar-refractivity contribution in [1.82, 2.24) is 15.5 Å². The van der Waals surface area contributed by atoms with E-state index in [4.69, 9.17) is 19.5 Å². The molecule has 0 saturated heterocycles. The molecular formula is C23H23ClN4O6. The highest BCUT2D eigenvalue weighted by Gasteiger charge is 2.20. The summed E-state index contributed by atoms with van der Waals surface area (Å²) >= 11 is 0. The van der Waals surface area contributed by atoms with Crippen molar-refractivity contribution in [2.45, 2.75) is 39.0 Å². The third kappa shape index (κ3) is 6.78. The standard InChI is InChI=1S/C23H22N4O6.ClH/c1-13(2)32-19-8-7-16(9-17(19)11-24)22-26-21(27-33-22)15-5-3-14(4-6-15)12-25-18(23(30)31)10-20(28)29;/h3-9,13,18,25H,10,12H2,1-2H3,(H,28,29)(H,30,31);1H. The van der Waals surface area contributed by atoms with E-state index < -0.39 is 24.4 Å². The molecule has 0 radical (unpaired) electrons. The molecule has 0 amide bonds. The van der Waals surface area contributed by atoms with Gasteiger partial charge in [0.1, 0.15) is 17.9 Å². The van der Waals surface area contributed by atoms with Crippen LogP contribution in [0.25, 0.3) is 22.8 Å². The summed E-state index contributed by atoms with van der Waals surface area (Å²) in [5.74, 6) is -1.34. The normalized spacial score (nSPS) is 11.4. The smallest absolute Gasteiger partial charge is 0.321 e. The Labute approximate surface area is 201 Å². The van der Waals surface area contributed by atoms with Crippen LogP contribution in [-0.4, -0.2) is 44.4 Å². The molecule has 3 rings (SSSR count). The highest BCUT2D eigenvalue weighted by molar-refractivity contribution is 5.85. The molecule has 0 spiro atoms. The number of rotatable bonds is 10. The van der Waals surface area contributed by atoms with Gasteiger partial charge in [-0.05, 0) is 37.6 Å². The van der Waals surface area contributed by atoms with Gasteiger partial charge in [-0.1, -0.05) is 29.4 Å². The molecule has 3 aromatic rings. The Kier molecular flexibility index (Phi) is 9.12. The van der Waals surface area contributed by atoms with Gasteiger partial charge in [-0.3, -0.25) is 14.9 Å². The summed E-state index contributed by atoms with van der Waals surface area (Å²) in [6.07, 6.45) is -0.583. The van der Waals surface area contributed by atoms with Crippen molar-refractivity contribution >= 4 is 24.3 Å². The van der Waals surface area contributed by atoms with Crippen LogP contribution in [0.4, 0.5) is 0 Å². The van der Waals surface area contributed by atoms with Crippen LogP contribution in [0.15, 0.2) is 47.0 Å². The number of carboxylic acids is 2. The Morgan fingerprint density at radius 1 is 1.15 bits per heavy atom. The lowest BCUT2D eigenvalue weighted by Crippen LogP contribution is -2.38. The number of benzene rings is 2. The van der Waals surface area contributed by atoms with Crippen LogP contribution >= 0.6 is 12.4 Å². The molecule has 0 saturated carbocycles. The molecule has 0 aliphatic heterocycles. The molecule has 1 atom stereocenters. The molecule has 0 fully saturated rings. The van der Waals surface area contributed by atoms with Gasteiger partial charge in [0.25, 0.3) is 5.89 Å². The Balaban J connectivity index is 0.00000408. The average Bonchev–Trinajstić information content (AvgIpc) is 3.27. The first-order valence-electron chi connectivity index (χ1n) is 10.1. The number of halogens is 1. The molecule has 0 bridgehead atoms. The van der Waals surface area contributed by atoms with Gasteiger partial charge in [-0.2, -0.15) is 10.2 Å². The van der Waals surface area contributed by atoms with Gasteiger partial charge < -0.3 is 19.5 Å². The Hall–Kier alpha value is -3.94. The largest absolute Gasteiger partial charge is 0.490 e. The molecular weight excluding hydrogens is 464 g/mol. The first kappa shape index (κ1) is 26.3. The molecule has 2 aromatic carbocycles. The van der Waals surface area contributed by atoms with Crippen LogP contribution in [0.5, 0.6) is 5.75 Å². The molecule has 178 valence electrons. The number of nitriles is 1. The lowest BCUT2D eigenvalue weighted by molar-refractivity contribution is -0.146. The molecule has 11 heteroatoms. The summed E-state index contributed by atoms with van der Waals surface area (Å²) in [4.78, 5) is 26.3. The predicted octanol–water partition coefficient (Wildman–Crippen LogP) is 3.50. The zero-order valence-electron chi connectivity index (χ0n) is 18.4. The minimum absolute atomic E-state index is 0. The van der Waals surface area contributed by atoms with E-state index in [-0.39, 0.29) is 30.9 Å². The van der Waals surface area contributed by atoms with Gasteiger partial charge in [0.05, 0.1) is 18.1 Å². The Morgan fingerprint density at radius 3 is 2.41 bits per heavy atom. The van der Waals surface area contributed by atoms with Crippen LogP contribution < -0.4 is 10.1 Å². The summed E-state index contributed by atoms with van der Waals surface area (Å²) in [7, 11) is 0. The number of nitrogens with zero attached hydrogens (tertiary/aromatic N) is 3. The van der Waals surface area contributed by atoms with Crippen LogP contribution in [0, 0.1) is 11.3 Å². The monoisotopic (exact) mass is 486 g/mol. The third-order valence-electron chi connectivity index (χ3n) is 4.58. The molecule has 1 unspecified atom stereocenters. The molecule has 10 nitrogen and oxygen atoms in total. The Bertz CT molecular complexity index is 1190. The molecule has 1 aromatic heterocycles. The molecule has 0 aliphatic carbocycles. The first-order valence-corrected chi connectivity index (χ1v) is 10.1. The van der Waals surface area contributed by atoms with Crippen molar-refractivity contribution in [3.63, 3.8) is 0 Å². The number of carboxylic acid groups (broad SMARTS) is 2. The van der Waals surface area contributed by atoms with E-state index in [1.54, 1.807) is 42.5 Å². The maximum Gasteiger partial charge on any atom is 0.321 e. The van der Waals surface area contributed by atoms with Crippen molar-refractivity contribution in [3.05, 3.63) is 53.6 Å². The molecule has 1 heterocycles. The highest BCUT2D eigenvalue weighted by atomic mass is 35.5. The Morgan fingerprint density at radius 2 is 1.82 bits per heavy atom. The second-order valence-electron chi connectivity index (χ2n) is 7.48. The molecule has 3 N–H and O–H groups in total. The zero-order chi connectivity index (χ0) is 24.0. The van der Waals surface area contributed by atoms with E-state index in [9.17, 15) is 14.9 Å². The predicted molar refractivity (Wildman–Crippen MR) is 123 cm³/mol. The minimum atomic E-state index is -1.23. The van der Waals surface area contributed by atoms with Crippen LogP contribution in [0.2, 0.25) is 0 Å². The topological polar surface area (TPSA) is 159 Å². The van der Waals surface area contributed by atoms with Crippen molar-refractivity contribution in [2.75, 3.05) is 0 Å². The number of carbonyl (C=O) groups is 2. The van der Waals surface area contributed by atoms with E-state index in [0.717, 1.165) is 5.56 Å². The van der Waals surface area contributed by atoms with Crippen molar-refractivity contribution in [1.29, 1.82) is 5.26 Å². The average molecular weight is 487 g/mol. The number of hydrogen-bond acceptors (Lipinski definition) is 8. The number of nitrogens with one attached hydrogen (secondary N) is 1. The van der Waals surface area contributed by atoms with Crippen LogP contribution in [0.1, 0.15) is 31.4 Å². The van der Waals surface area contributed by atoms with Crippen molar-refractivity contribution in [3.8, 4) is 34.7 Å². The van der Waals surface area contributed by atoms with Crippen molar-refractivity contribution < 1.29 is 29.1 Å². The van der Waals surface area contributed by atoms with Gasteiger partial charge in [-0.15, -0.1) is 12.4 Å². The van der Waals surface area contributed by atoms with E-state index in [1.165, 1.54) is 0 Å². The molecule has 34 heavy (non-hydrogen) atoms. The zero-order valence-corrected chi connectivity index (χ0v) is 19.2. The van der Waals surface area contributed by atoms with Crippen molar-refractivity contribution in [2.24, 2.45) is 0 Å². The maximum atomic E-state index is 11.1. The fourth-order valence-corrected chi connectivity index (χ4v) is 3.00. The van der Waals surface area contributed by atoms with E-state index in [1.807, 2.05) is 13.8 Å². The summed E-state index contributed by atoms with van der Waals surface area (Å²) in [6, 6.07) is 13.0. The highest BCUT2D eigenvalue weighted by Crippen LogP contribution is 2.28. The molecule has 0 aliphatic rings. The summed E-state index contributed by atoms with van der Waals surface area (Å²) in [5, 5.41) is 34.0. The van der Waals surface area contributed by atoms with E-state index >= 15 is 0 Å². The van der Waals surface area contributed by atoms with Gasteiger partial charge in [0.2, 0.25) is 5.82 Å². The third-order valence-corrected chi connectivity index (χ3v) is 4.58. The van der Waals surface area contributed by atoms with Gasteiger partial charge >= 0.3 is 11.9 Å². The SMILES string of the molecule is CC(C)Oc1ccc(-c2nc(-c3ccc(CNC(CC(=O)O)C(=O)O)cc3)no2)cc1C#N.Cl. The van der Waals surface area contributed by atoms with Crippen LogP contribution in [-0.2, 0) is 16.1 Å². The van der Waals surface area contributed by atoms with Gasteiger partial charge in [-0.25, -0.2) is 0 Å². The minimum Gasteiger partial charge on any atom is -0.490 e. The van der Waals surface area contributed by atoms with Gasteiger partial charge in [0, 0.05) is 17.7 Å². The number of ether oxygens (including phenoxy) is 1. The first-order chi connectivity index (χ1) is 15.8. The lowest BCUT2D eigenvalue weighted by Gasteiger charge is -2.12. The quantitative estimate of drug-likeness (QED) is 0.387. The fourth-order valence-electron chi connectivity index (χ4n) is 3.00. The maximum absolute atomic E-state index is 11.1. The summed E-state index contributed by atoms with van der Waals surface area (Å²) in [6.45, 7) is 3.94. The van der Waals surface area contributed by atoms with E-state index in [2.05, 4.69) is 21.5 Å². The lowest BCUT2D eigenvalue weighted by atomic mass is 10.1. The van der Waals surface area contributed by atoms with Crippen LogP contribution in [0.3, 0.4) is 0 Å². The van der Waals surface area contributed by atoms with E-state index in [0.29, 0.717) is 28.3 Å². The van der Waals surface area contributed by atoms with Gasteiger partial charge in [0.15, 0.2) is 0 Å².